The van der Waals surface area contributed by atoms with Crippen molar-refractivity contribution >= 4 is 9.84 Å². The fraction of sp³-hybridized carbons (Fsp3) is 0.375. The van der Waals surface area contributed by atoms with Crippen LogP contribution in [0.3, 0.4) is 0 Å². The number of rotatable bonds is 2. The molecule has 1 fully saturated rings. The van der Waals surface area contributed by atoms with Gasteiger partial charge in [0, 0.05) is 18.2 Å². The van der Waals surface area contributed by atoms with Crippen LogP contribution in [0.15, 0.2) is 35.1 Å². The molecule has 7 heteroatoms. The molecule has 2 aromatic rings. The van der Waals surface area contributed by atoms with E-state index in [4.69, 9.17) is 0 Å². The van der Waals surface area contributed by atoms with Crippen molar-refractivity contribution in [2.75, 3.05) is 12.3 Å². The van der Waals surface area contributed by atoms with Gasteiger partial charge in [0.2, 0.25) is 0 Å². The van der Waals surface area contributed by atoms with Crippen molar-refractivity contribution in [3.05, 3.63) is 51.8 Å². The molecule has 1 aliphatic heterocycles. The first kappa shape index (κ1) is 14.6. The molecule has 6 nitrogen and oxygen atoms in total. The highest BCUT2D eigenvalue weighted by atomic mass is 32.2. The molecular formula is C16H17N3O3S. The number of hydrogen-bond donors (Lipinski definition) is 2. The van der Waals surface area contributed by atoms with E-state index < -0.39 is 15.2 Å². The Morgan fingerprint density at radius 3 is 2.61 bits per heavy atom. The Kier molecular flexibility index (Phi) is 3.35. The molecule has 0 radical (unpaired) electrons. The second-order valence-electron chi connectivity index (χ2n) is 6.20. The molecule has 1 saturated heterocycles. The molecule has 1 aromatic heterocycles. The zero-order valence-electron chi connectivity index (χ0n) is 12.5. The summed E-state index contributed by atoms with van der Waals surface area (Å²) >= 11 is 0. The maximum atomic E-state index is 12.1. The second-order valence-corrected chi connectivity index (χ2v) is 8.44. The SMILES string of the molecule is O=c1ccc(-c2ccc3c(c2)CC(C2NCCS2(=O)=O)C3)n[nH]1. The Bertz CT molecular complexity index is 900. The third kappa shape index (κ3) is 2.60. The quantitative estimate of drug-likeness (QED) is 0.836. The summed E-state index contributed by atoms with van der Waals surface area (Å²) in [7, 11) is -3.02. The fourth-order valence-corrected chi connectivity index (χ4v) is 5.40. The van der Waals surface area contributed by atoms with E-state index in [9.17, 15) is 13.2 Å². The zero-order valence-corrected chi connectivity index (χ0v) is 13.3. The van der Waals surface area contributed by atoms with Crippen molar-refractivity contribution < 1.29 is 8.42 Å². The third-order valence-electron chi connectivity index (χ3n) is 4.69. The summed E-state index contributed by atoms with van der Waals surface area (Å²) in [6.07, 6.45) is 1.54. The molecule has 2 unspecified atom stereocenters. The molecule has 0 bridgehead atoms. The van der Waals surface area contributed by atoms with E-state index in [1.807, 2.05) is 12.1 Å². The van der Waals surface area contributed by atoms with Gasteiger partial charge in [-0.25, -0.2) is 13.5 Å². The van der Waals surface area contributed by atoms with Crippen LogP contribution in [0.1, 0.15) is 11.1 Å². The Balaban J connectivity index is 1.62. The van der Waals surface area contributed by atoms with E-state index in [-0.39, 0.29) is 17.2 Å². The second kappa shape index (κ2) is 5.28. The average molecular weight is 331 g/mol. The maximum absolute atomic E-state index is 12.1. The van der Waals surface area contributed by atoms with E-state index in [2.05, 4.69) is 21.6 Å². The highest BCUT2D eigenvalue weighted by Gasteiger charge is 2.40. The van der Waals surface area contributed by atoms with E-state index in [0.29, 0.717) is 12.2 Å². The Hall–Kier alpha value is -1.99. The van der Waals surface area contributed by atoms with E-state index in [1.165, 1.54) is 17.2 Å². The molecule has 2 atom stereocenters. The van der Waals surface area contributed by atoms with Crippen LogP contribution in [-0.4, -0.2) is 36.3 Å². The van der Waals surface area contributed by atoms with Crippen LogP contribution in [0.2, 0.25) is 0 Å². The van der Waals surface area contributed by atoms with Crippen LogP contribution >= 0.6 is 0 Å². The smallest absolute Gasteiger partial charge is 0.264 e. The topological polar surface area (TPSA) is 91.9 Å². The van der Waals surface area contributed by atoms with Crippen molar-refractivity contribution in [2.24, 2.45) is 5.92 Å². The van der Waals surface area contributed by atoms with Gasteiger partial charge in [-0.3, -0.25) is 10.1 Å². The van der Waals surface area contributed by atoms with Gasteiger partial charge in [0.15, 0.2) is 9.84 Å². The molecular weight excluding hydrogens is 314 g/mol. The van der Waals surface area contributed by atoms with Crippen molar-refractivity contribution in [1.29, 1.82) is 0 Å². The van der Waals surface area contributed by atoms with Gasteiger partial charge in [-0.05, 0) is 42.0 Å². The van der Waals surface area contributed by atoms with Crippen LogP contribution in [0.25, 0.3) is 11.3 Å². The summed E-state index contributed by atoms with van der Waals surface area (Å²) < 4.78 is 24.2. The highest BCUT2D eigenvalue weighted by Crippen LogP contribution is 2.34. The van der Waals surface area contributed by atoms with Crippen molar-refractivity contribution in [3.8, 4) is 11.3 Å². The highest BCUT2D eigenvalue weighted by molar-refractivity contribution is 7.92. The maximum Gasteiger partial charge on any atom is 0.264 e. The number of aromatic amines is 1. The minimum absolute atomic E-state index is 0.0938. The van der Waals surface area contributed by atoms with Crippen LogP contribution in [0, 0.1) is 5.92 Å². The summed E-state index contributed by atoms with van der Waals surface area (Å²) in [5.74, 6) is 0.327. The molecule has 4 rings (SSSR count). The first-order chi connectivity index (χ1) is 11.0. The summed E-state index contributed by atoms with van der Waals surface area (Å²) in [5.41, 5.74) is 3.79. The third-order valence-corrected chi connectivity index (χ3v) is 6.79. The minimum atomic E-state index is -3.02. The van der Waals surface area contributed by atoms with E-state index in [1.54, 1.807) is 6.07 Å². The molecule has 2 aliphatic rings. The first-order valence-electron chi connectivity index (χ1n) is 7.66. The zero-order chi connectivity index (χ0) is 16.0. The van der Waals surface area contributed by atoms with Gasteiger partial charge in [-0.1, -0.05) is 12.1 Å². The number of hydrogen-bond acceptors (Lipinski definition) is 5. The Morgan fingerprint density at radius 2 is 1.91 bits per heavy atom. The predicted octanol–water partition coefficient (Wildman–Crippen LogP) is 0.496. The van der Waals surface area contributed by atoms with Gasteiger partial charge in [-0.2, -0.15) is 5.10 Å². The molecule has 2 heterocycles. The van der Waals surface area contributed by atoms with Gasteiger partial charge in [0.1, 0.15) is 5.37 Å². The Morgan fingerprint density at radius 1 is 1.09 bits per heavy atom. The van der Waals surface area contributed by atoms with Gasteiger partial charge in [0.25, 0.3) is 5.56 Å². The summed E-state index contributed by atoms with van der Waals surface area (Å²) in [6, 6.07) is 9.21. The molecule has 2 N–H and O–H groups in total. The number of H-pyrrole nitrogens is 1. The van der Waals surface area contributed by atoms with Crippen LogP contribution in [0.5, 0.6) is 0 Å². The van der Waals surface area contributed by atoms with Crippen molar-refractivity contribution in [1.82, 2.24) is 15.5 Å². The lowest BCUT2D eigenvalue weighted by atomic mass is 10.0. The lowest BCUT2D eigenvalue weighted by Crippen LogP contribution is -2.35. The molecule has 1 aromatic carbocycles. The lowest BCUT2D eigenvalue weighted by molar-refractivity contribution is 0.464. The molecule has 0 saturated carbocycles. The van der Waals surface area contributed by atoms with Gasteiger partial charge in [0.05, 0.1) is 11.4 Å². The van der Waals surface area contributed by atoms with Crippen LogP contribution in [0.4, 0.5) is 0 Å². The fourth-order valence-electron chi connectivity index (χ4n) is 3.59. The molecule has 120 valence electrons. The number of nitrogens with one attached hydrogen (secondary N) is 2. The van der Waals surface area contributed by atoms with Gasteiger partial charge < -0.3 is 0 Å². The summed E-state index contributed by atoms with van der Waals surface area (Å²) in [4.78, 5) is 11.1. The number of fused-ring (bicyclic) bond motifs is 1. The normalized spacial score (nSPS) is 25.4. The van der Waals surface area contributed by atoms with E-state index in [0.717, 1.165) is 18.4 Å². The molecule has 0 spiro atoms. The Labute approximate surface area is 133 Å². The monoisotopic (exact) mass is 331 g/mol. The number of nitrogens with zero attached hydrogens (tertiary/aromatic N) is 1. The molecule has 1 aliphatic carbocycles. The average Bonchev–Trinajstić information content (AvgIpc) is 3.09. The molecule has 23 heavy (non-hydrogen) atoms. The summed E-state index contributed by atoms with van der Waals surface area (Å²) in [5, 5.41) is 9.19. The minimum Gasteiger partial charge on any atom is -0.300 e. The van der Waals surface area contributed by atoms with Gasteiger partial charge in [-0.15, -0.1) is 0 Å². The standard InChI is InChI=1S/C16H17N3O3S/c20-15-4-3-14(18-19-15)11-2-1-10-7-13(9-12(10)8-11)16-17-5-6-23(16,21)22/h1-4,8,13,16-17H,5-7,9H2,(H,19,20). The predicted molar refractivity (Wildman–Crippen MR) is 86.8 cm³/mol. The van der Waals surface area contributed by atoms with Crippen LogP contribution in [-0.2, 0) is 22.7 Å². The number of aromatic nitrogens is 2. The van der Waals surface area contributed by atoms with Gasteiger partial charge >= 0.3 is 0 Å². The largest absolute Gasteiger partial charge is 0.300 e. The van der Waals surface area contributed by atoms with Crippen molar-refractivity contribution in [2.45, 2.75) is 18.2 Å². The first-order valence-corrected chi connectivity index (χ1v) is 9.37. The number of sulfone groups is 1. The van der Waals surface area contributed by atoms with Crippen LogP contribution < -0.4 is 10.9 Å². The number of benzene rings is 1. The lowest BCUT2D eigenvalue weighted by Gasteiger charge is -2.17. The van der Waals surface area contributed by atoms with E-state index >= 15 is 0 Å². The molecule has 0 amide bonds. The van der Waals surface area contributed by atoms with Crippen molar-refractivity contribution in [3.63, 3.8) is 0 Å². The summed E-state index contributed by atoms with van der Waals surface area (Å²) in [6.45, 7) is 0.548.